The van der Waals surface area contributed by atoms with Crippen LogP contribution >= 0.6 is 0 Å². The molecule has 4 rings (SSSR count). The van der Waals surface area contributed by atoms with Crippen molar-refractivity contribution >= 4 is 5.91 Å². The van der Waals surface area contributed by atoms with Gasteiger partial charge in [0.25, 0.3) is 5.91 Å². The second kappa shape index (κ2) is 8.02. The SMILES string of the molecule is COc1ccc(C(=O)N2CC(c3nnc(C(C)C)o3)C3(CCN(C)CC3)C2)c(C)c1. The molecular weight excluding hydrogens is 380 g/mol. The average Bonchev–Trinajstić information content (AvgIpc) is 3.35. The van der Waals surface area contributed by atoms with Gasteiger partial charge in [-0.1, -0.05) is 13.8 Å². The summed E-state index contributed by atoms with van der Waals surface area (Å²) >= 11 is 0. The molecule has 0 radical (unpaired) electrons. The van der Waals surface area contributed by atoms with Crippen LogP contribution in [-0.2, 0) is 0 Å². The van der Waals surface area contributed by atoms with Gasteiger partial charge in [-0.3, -0.25) is 4.79 Å². The second-order valence-corrected chi connectivity index (χ2v) is 9.22. The van der Waals surface area contributed by atoms with E-state index in [1.807, 2.05) is 30.0 Å². The molecule has 1 spiro atoms. The first-order valence-electron chi connectivity index (χ1n) is 10.8. The number of hydrogen-bond donors (Lipinski definition) is 0. The molecule has 0 aliphatic carbocycles. The highest BCUT2D eigenvalue weighted by Gasteiger charge is 2.52. The second-order valence-electron chi connectivity index (χ2n) is 9.22. The van der Waals surface area contributed by atoms with Crippen LogP contribution in [0.3, 0.4) is 0 Å². The van der Waals surface area contributed by atoms with E-state index in [1.54, 1.807) is 7.11 Å². The number of aromatic nitrogens is 2. The summed E-state index contributed by atoms with van der Waals surface area (Å²) in [5.74, 6) is 2.46. The first-order valence-corrected chi connectivity index (χ1v) is 10.8. The quantitative estimate of drug-likeness (QED) is 0.766. The molecule has 1 unspecified atom stereocenters. The molecular formula is C23H32N4O3. The number of piperidine rings is 1. The van der Waals surface area contributed by atoms with E-state index in [2.05, 4.69) is 36.0 Å². The highest BCUT2D eigenvalue weighted by molar-refractivity contribution is 5.96. The summed E-state index contributed by atoms with van der Waals surface area (Å²) < 4.78 is 11.4. The van der Waals surface area contributed by atoms with Crippen LogP contribution in [0.5, 0.6) is 5.75 Å². The molecule has 1 aromatic heterocycles. The Hall–Kier alpha value is -2.41. The van der Waals surface area contributed by atoms with E-state index in [9.17, 15) is 4.79 Å². The van der Waals surface area contributed by atoms with Gasteiger partial charge in [-0.05, 0) is 63.7 Å². The van der Waals surface area contributed by atoms with Gasteiger partial charge in [0, 0.05) is 30.0 Å². The Morgan fingerprint density at radius 1 is 1.27 bits per heavy atom. The Balaban J connectivity index is 1.64. The lowest BCUT2D eigenvalue weighted by Gasteiger charge is -2.40. The zero-order valence-electron chi connectivity index (χ0n) is 18.6. The van der Waals surface area contributed by atoms with E-state index in [0.29, 0.717) is 18.3 Å². The molecule has 0 N–H and O–H groups in total. The molecule has 0 bridgehead atoms. The van der Waals surface area contributed by atoms with Crippen LogP contribution in [0, 0.1) is 12.3 Å². The smallest absolute Gasteiger partial charge is 0.254 e. The Morgan fingerprint density at radius 2 is 2.00 bits per heavy atom. The summed E-state index contributed by atoms with van der Waals surface area (Å²) in [6.07, 6.45) is 2.05. The lowest BCUT2D eigenvalue weighted by atomic mass is 9.71. The topological polar surface area (TPSA) is 71.7 Å². The summed E-state index contributed by atoms with van der Waals surface area (Å²) in [5.41, 5.74) is 1.65. The van der Waals surface area contributed by atoms with Crippen LogP contribution in [0.4, 0.5) is 0 Å². The highest BCUT2D eigenvalue weighted by atomic mass is 16.5. The van der Waals surface area contributed by atoms with E-state index in [4.69, 9.17) is 9.15 Å². The fraction of sp³-hybridized carbons (Fsp3) is 0.609. The predicted molar refractivity (Wildman–Crippen MR) is 114 cm³/mol. The maximum absolute atomic E-state index is 13.5. The zero-order valence-corrected chi connectivity index (χ0v) is 18.6. The number of methoxy groups -OCH3 is 1. The zero-order chi connectivity index (χ0) is 21.5. The third-order valence-electron chi connectivity index (χ3n) is 6.83. The number of rotatable bonds is 4. The van der Waals surface area contributed by atoms with E-state index >= 15 is 0 Å². The van der Waals surface area contributed by atoms with Crippen molar-refractivity contribution in [3.05, 3.63) is 41.1 Å². The molecule has 162 valence electrons. The Morgan fingerprint density at radius 3 is 2.60 bits per heavy atom. The van der Waals surface area contributed by atoms with Crippen LogP contribution in [0.15, 0.2) is 22.6 Å². The molecule has 2 saturated heterocycles. The maximum Gasteiger partial charge on any atom is 0.254 e. The molecule has 2 aromatic rings. The van der Waals surface area contributed by atoms with Gasteiger partial charge >= 0.3 is 0 Å². The number of carbonyl (C=O) groups is 1. The molecule has 1 aromatic carbocycles. The summed E-state index contributed by atoms with van der Waals surface area (Å²) in [5, 5.41) is 8.68. The molecule has 2 aliphatic heterocycles. The van der Waals surface area contributed by atoms with Gasteiger partial charge in [-0.25, -0.2) is 0 Å². The lowest BCUT2D eigenvalue weighted by molar-refractivity contribution is 0.0726. The summed E-state index contributed by atoms with van der Waals surface area (Å²) in [6, 6.07) is 5.64. The van der Waals surface area contributed by atoms with Crippen LogP contribution in [0.2, 0.25) is 0 Å². The molecule has 1 atom stereocenters. The van der Waals surface area contributed by atoms with Gasteiger partial charge in [-0.2, -0.15) is 0 Å². The molecule has 2 fully saturated rings. The van der Waals surface area contributed by atoms with Gasteiger partial charge in [0.15, 0.2) is 0 Å². The van der Waals surface area contributed by atoms with Crippen molar-refractivity contribution in [1.29, 1.82) is 0 Å². The molecule has 7 heteroatoms. The number of hydrogen-bond acceptors (Lipinski definition) is 6. The normalized spacial score (nSPS) is 21.5. The molecule has 0 saturated carbocycles. The van der Waals surface area contributed by atoms with Crippen molar-refractivity contribution < 1.29 is 13.9 Å². The first kappa shape index (κ1) is 20.8. The first-order chi connectivity index (χ1) is 14.3. The van der Waals surface area contributed by atoms with E-state index in [1.165, 1.54) is 0 Å². The number of benzene rings is 1. The highest BCUT2D eigenvalue weighted by Crippen LogP contribution is 2.49. The fourth-order valence-electron chi connectivity index (χ4n) is 4.83. The molecule has 3 heterocycles. The van der Waals surface area contributed by atoms with Crippen LogP contribution < -0.4 is 4.74 Å². The van der Waals surface area contributed by atoms with Crippen LogP contribution in [0.25, 0.3) is 0 Å². The van der Waals surface area contributed by atoms with Crippen molar-refractivity contribution in [2.75, 3.05) is 40.3 Å². The lowest BCUT2D eigenvalue weighted by Crippen LogP contribution is -2.42. The maximum atomic E-state index is 13.5. The largest absolute Gasteiger partial charge is 0.497 e. The average molecular weight is 413 g/mol. The van der Waals surface area contributed by atoms with Crippen molar-refractivity contribution in [3.8, 4) is 5.75 Å². The minimum atomic E-state index is -0.0106. The minimum absolute atomic E-state index is 0.0106. The monoisotopic (exact) mass is 412 g/mol. The minimum Gasteiger partial charge on any atom is -0.497 e. The van der Waals surface area contributed by atoms with E-state index < -0.39 is 0 Å². The third-order valence-corrected chi connectivity index (χ3v) is 6.83. The summed E-state index contributed by atoms with van der Waals surface area (Å²) in [6.45, 7) is 9.46. The fourth-order valence-corrected chi connectivity index (χ4v) is 4.83. The molecule has 30 heavy (non-hydrogen) atoms. The number of amides is 1. The number of aryl methyl sites for hydroxylation is 1. The van der Waals surface area contributed by atoms with Crippen molar-refractivity contribution in [2.24, 2.45) is 5.41 Å². The van der Waals surface area contributed by atoms with E-state index in [0.717, 1.165) is 49.4 Å². The predicted octanol–water partition coefficient (Wildman–Crippen LogP) is 3.46. The number of ether oxygens (including phenoxy) is 1. The van der Waals surface area contributed by atoms with Crippen LogP contribution in [-0.4, -0.2) is 66.2 Å². The summed E-state index contributed by atoms with van der Waals surface area (Å²) in [7, 11) is 3.80. The van der Waals surface area contributed by atoms with Gasteiger partial charge in [0.05, 0.1) is 13.0 Å². The summed E-state index contributed by atoms with van der Waals surface area (Å²) in [4.78, 5) is 17.8. The Bertz CT molecular complexity index is 915. The van der Waals surface area contributed by atoms with Crippen molar-refractivity contribution in [2.45, 2.75) is 45.4 Å². The molecule has 1 amide bonds. The standard InChI is InChI=1S/C23H32N4O3/c1-15(2)20-24-25-21(30-20)19-13-27(14-23(19)8-10-26(4)11-9-23)22(28)18-7-6-17(29-5)12-16(18)3/h6-7,12,15,19H,8-11,13-14H2,1-5H3. The van der Waals surface area contributed by atoms with Crippen molar-refractivity contribution in [3.63, 3.8) is 0 Å². The van der Waals surface area contributed by atoms with E-state index in [-0.39, 0.29) is 23.2 Å². The Labute approximate surface area is 178 Å². The van der Waals surface area contributed by atoms with Gasteiger partial charge in [0.1, 0.15) is 5.75 Å². The van der Waals surface area contributed by atoms with Gasteiger partial charge in [0.2, 0.25) is 11.8 Å². The van der Waals surface area contributed by atoms with Crippen LogP contribution in [0.1, 0.15) is 66.2 Å². The Kier molecular flexibility index (Phi) is 5.57. The third kappa shape index (κ3) is 3.71. The number of carbonyl (C=O) groups excluding carboxylic acids is 1. The number of likely N-dealkylation sites (tertiary alicyclic amines) is 2. The molecule has 7 nitrogen and oxygen atoms in total. The van der Waals surface area contributed by atoms with Gasteiger partial charge < -0.3 is 19.0 Å². The number of nitrogens with zero attached hydrogens (tertiary/aromatic N) is 4. The molecule has 2 aliphatic rings. The van der Waals surface area contributed by atoms with Gasteiger partial charge in [-0.15, -0.1) is 10.2 Å². The van der Waals surface area contributed by atoms with Crippen molar-refractivity contribution in [1.82, 2.24) is 20.0 Å².